The van der Waals surface area contributed by atoms with Gasteiger partial charge in [0.25, 0.3) is 0 Å². The smallest absolute Gasteiger partial charge is 0.331 e. The third-order valence-corrected chi connectivity index (χ3v) is 14.1. The lowest BCUT2D eigenvalue weighted by molar-refractivity contribution is -0.271. The van der Waals surface area contributed by atoms with E-state index in [0.717, 1.165) is 38.5 Å². The van der Waals surface area contributed by atoms with Crippen LogP contribution in [-0.4, -0.2) is 72.1 Å². The zero-order valence-electron chi connectivity index (χ0n) is 32.8. The molecule has 0 bridgehead atoms. The highest BCUT2D eigenvalue weighted by Crippen LogP contribution is 2.73. The van der Waals surface area contributed by atoms with Crippen molar-refractivity contribution >= 4 is 29.7 Å². The molecule has 12 atom stereocenters. The fourth-order valence-corrected chi connectivity index (χ4v) is 11.7. The number of carbonyl (C=O) groups is 5. The molecule has 1 saturated heterocycles. The number of hydrogen-bond acceptors (Lipinski definition) is 10. The van der Waals surface area contributed by atoms with Crippen LogP contribution in [0.4, 0.5) is 0 Å². The van der Waals surface area contributed by atoms with E-state index in [4.69, 9.17) is 23.7 Å². The van der Waals surface area contributed by atoms with Crippen LogP contribution in [0.15, 0.2) is 11.1 Å². The quantitative estimate of drug-likeness (QED) is 0.101. The molecule has 0 radical (unpaired) electrons. The molecule has 0 aromatic heterocycles. The Labute approximate surface area is 309 Å². The summed E-state index contributed by atoms with van der Waals surface area (Å²) in [4.78, 5) is 63.3. The highest BCUT2D eigenvalue weighted by atomic mass is 16.7. The van der Waals surface area contributed by atoms with Gasteiger partial charge in [-0.3, -0.25) is 19.2 Å². The van der Waals surface area contributed by atoms with E-state index < -0.39 is 59.3 Å². The summed E-state index contributed by atoms with van der Waals surface area (Å²) in [5.41, 5.74) is -0.166. The van der Waals surface area contributed by atoms with E-state index in [1.54, 1.807) is 0 Å². The molecule has 11 nitrogen and oxygen atoms in total. The number of ketones is 1. The Morgan fingerprint density at radius 3 is 2.21 bits per heavy atom. The van der Waals surface area contributed by atoms with Crippen LogP contribution in [-0.2, 0) is 47.7 Å². The molecule has 5 rings (SSSR count). The fraction of sp³-hybridized carbons (Fsp3) is 0.829. The summed E-state index contributed by atoms with van der Waals surface area (Å²) in [5, 5.41) is 10.5. The topological polar surface area (TPSA) is 152 Å². The van der Waals surface area contributed by atoms with E-state index in [0.29, 0.717) is 42.7 Å². The van der Waals surface area contributed by atoms with Gasteiger partial charge in [-0.05, 0) is 96.9 Å². The fourth-order valence-electron chi connectivity index (χ4n) is 11.7. The minimum absolute atomic E-state index is 0.0304. The lowest BCUT2D eigenvalue weighted by atomic mass is 9.37. The molecule has 52 heavy (non-hydrogen) atoms. The van der Waals surface area contributed by atoms with Crippen molar-refractivity contribution in [3.05, 3.63) is 11.1 Å². The molecule has 0 amide bonds. The van der Waals surface area contributed by atoms with Crippen LogP contribution < -0.4 is 0 Å². The van der Waals surface area contributed by atoms with E-state index in [1.165, 1.54) is 20.8 Å². The molecule has 11 heteroatoms. The van der Waals surface area contributed by atoms with Crippen LogP contribution in [0.2, 0.25) is 0 Å². The number of carbonyl (C=O) groups excluding carboxylic acids is 4. The van der Waals surface area contributed by atoms with E-state index in [2.05, 4.69) is 41.5 Å². The maximum atomic E-state index is 14.7. The van der Waals surface area contributed by atoms with Gasteiger partial charge in [-0.15, -0.1) is 0 Å². The van der Waals surface area contributed by atoms with Gasteiger partial charge in [-0.2, -0.15) is 0 Å². The van der Waals surface area contributed by atoms with Crippen molar-refractivity contribution in [2.24, 2.45) is 45.8 Å². The van der Waals surface area contributed by atoms with E-state index >= 15 is 0 Å². The van der Waals surface area contributed by atoms with Gasteiger partial charge in [-0.25, -0.2) is 4.79 Å². The SMILES string of the molecule is CC(=O)OC[C@H]1OC(O[C@@H]2CC[C@]3(C)C4C(=O)C[C@H]5/C(=C(/CCCC(C)C)C(=O)O)[C@@H](OC(C)=O)C[C@]5(C)[C@@]4(C)CC[C@H]3[C@@H]2C)CC[C@@H]1OC(C)=O. The average molecular weight is 731 g/mol. The Morgan fingerprint density at radius 2 is 1.60 bits per heavy atom. The second-order valence-corrected chi connectivity index (χ2v) is 17.7. The molecule has 5 fully saturated rings. The first-order valence-electron chi connectivity index (χ1n) is 19.6. The molecule has 4 saturated carbocycles. The Bertz CT molecular complexity index is 1440. The van der Waals surface area contributed by atoms with Crippen LogP contribution in [0.1, 0.15) is 133 Å². The van der Waals surface area contributed by atoms with Crippen LogP contribution in [0, 0.1) is 45.8 Å². The number of esters is 3. The predicted molar refractivity (Wildman–Crippen MR) is 191 cm³/mol. The number of aliphatic carboxylic acids is 1. The standard InChI is InChI=1S/C41H62O11/c1-22(2)11-10-12-27(38(46)47)36-29-19-30(45)37-39(7)17-16-31(51-35-14-13-32(49-25(5)43)34(52-35)21-48-24(4)42)23(3)28(39)15-18-40(37,8)41(29,9)20-33(36)50-26(6)44/h22-23,28-29,31-35,37H,10-21H2,1-9H3,(H,46,47)/b36-27+/t23-,28-,29-,31+,32-,33-,34+,35?,37?,39-,40-,41-/m0/s1. The van der Waals surface area contributed by atoms with Gasteiger partial charge >= 0.3 is 23.9 Å². The Balaban J connectivity index is 1.38. The minimum Gasteiger partial charge on any atom is -0.478 e. The van der Waals surface area contributed by atoms with Crippen LogP contribution in [0.25, 0.3) is 0 Å². The van der Waals surface area contributed by atoms with Crippen LogP contribution in [0.5, 0.6) is 0 Å². The van der Waals surface area contributed by atoms with Crippen molar-refractivity contribution in [3.8, 4) is 0 Å². The monoisotopic (exact) mass is 730 g/mol. The molecule has 1 heterocycles. The zero-order chi connectivity index (χ0) is 38.3. The number of ether oxygens (including phenoxy) is 5. The van der Waals surface area contributed by atoms with Crippen molar-refractivity contribution in [1.29, 1.82) is 0 Å². The average Bonchev–Trinajstić information content (AvgIpc) is 3.30. The molecule has 0 aromatic rings. The molecule has 5 aliphatic rings. The Morgan fingerprint density at radius 1 is 0.904 bits per heavy atom. The van der Waals surface area contributed by atoms with E-state index in [9.17, 15) is 29.1 Å². The van der Waals surface area contributed by atoms with Crippen LogP contribution in [0.3, 0.4) is 0 Å². The summed E-state index contributed by atoms with van der Waals surface area (Å²) in [5.74, 6) is -1.82. The van der Waals surface area contributed by atoms with Gasteiger partial charge in [0.05, 0.1) is 6.10 Å². The van der Waals surface area contributed by atoms with Crippen molar-refractivity contribution < 1.29 is 52.8 Å². The maximum Gasteiger partial charge on any atom is 0.331 e. The predicted octanol–water partition coefficient (Wildman–Crippen LogP) is 6.98. The molecular weight excluding hydrogens is 668 g/mol. The van der Waals surface area contributed by atoms with Crippen molar-refractivity contribution in [3.63, 3.8) is 0 Å². The second-order valence-electron chi connectivity index (χ2n) is 17.7. The molecule has 0 spiro atoms. The van der Waals surface area contributed by atoms with Gasteiger partial charge < -0.3 is 28.8 Å². The van der Waals surface area contributed by atoms with Gasteiger partial charge in [0.2, 0.25) is 0 Å². The summed E-state index contributed by atoms with van der Waals surface area (Å²) in [7, 11) is 0. The maximum absolute atomic E-state index is 14.7. The molecule has 4 aliphatic carbocycles. The number of rotatable bonds is 11. The normalized spacial score (nSPS) is 41.0. The molecular formula is C41H62O11. The molecule has 1 N–H and O–H groups in total. The number of carboxylic acids is 1. The third kappa shape index (κ3) is 7.59. The lowest BCUT2D eigenvalue weighted by Crippen LogP contribution is -2.64. The highest BCUT2D eigenvalue weighted by molar-refractivity contribution is 5.90. The molecule has 292 valence electrons. The summed E-state index contributed by atoms with van der Waals surface area (Å²) in [6.45, 7) is 17.2. The summed E-state index contributed by atoms with van der Waals surface area (Å²) in [6, 6.07) is 0. The summed E-state index contributed by atoms with van der Waals surface area (Å²) < 4.78 is 29.6. The molecule has 2 unspecified atom stereocenters. The van der Waals surface area contributed by atoms with Crippen molar-refractivity contribution in [2.75, 3.05) is 6.61 Å². The molecule has 0 aromatic carbocycles. The minimum atomic E-state index is -0.982. The zero-order valence-corrected chi connectivity index (χ0v) is 32.8. The summed E-state index contributed by atoms with van der Waals surface area (Å²) in [6.07, 6.45) is 4.61. The van der Waals surface area contributed by atoms with E-state index in [1.807, 2.05) is 0 Å². The van der Waals surface area contributed by atoms with Crippen molar-refractivity contribution in [2.45, 2.75) is 164 Å². The number of fused-ring (bicyclic) bond motifs is 5. The lowest BCUT2D eigenvalue weighted by Gasteiger charge is -2.67. The van der Waals surface area contributed by atoms with Gasteiger partial charge in [0.1, 0.15) is 30.7 Å². The van der Waals surface area contributed by atoms with E-state index in [-0.39, 0.29) is 54.0 Å². The number of Topliss-reactive ketones (excluding diaryl/α,β-unsaturated/α-hetero) is 1. The van der Waals surface area contributed by atoms with Gasteiger partial charge in [0.15, 0.2) is 6.29 Å². The van der Waals surface area contributed by atoms with Crippen molar-refractivity contribution in [1.82, 2.24) is 0 Å². The van der Waals surface area contributed by atoms with Gasteiger partial charge in [-0.1, -0.05) is 48.0 Å². The highest BCUT2D eigenvalue weighted by Gasteiger charge is 2.71. The first-order chi connectivity index (χ1) is 24.3. The Kier molecular flexibility index (Phi) is 12.1. The van der Waals surface area contributed by atoms with Gasteiger partial charge in [0, 0.05) is 45.1 Å². The number of carboxylic acid groups (broad SMARTS) is 1. The molecule has 1 aliphatic heterocycles. The summed E-state index contributed by atoms with van der Waals surface area (Å²) >= 11 is 0. The first-order valence-corrected chi connectivity index (χ1v) is 19.6. The Hall–Kier alpha value is -2.79. The first kappa shape index (κ1) is 40.4. The second kappa shape index (κ2) is 15.5. The third-order valence-electron chi connectivity index (χ3n) is 14.1. The largest absolute Gasteiger partial charge is 0.478 e. The van der Waals surface area contributed by atoms with Crippen LogP contribution >= 0.6 is 0 Å². The number of hydrogen-bond donors (Lipinski definition) is 1.